The molecule has 0 fully saturated rings. The molecule has 0 saturated heterocycles. The fourth-order valence-electron chi connectivity index (χ4n) is 2.34. The summed E-state index contributed by atoms with van der Waals surface area (Å²) in [5, 5.41) is 10.5. The van der Waals surface area contributed by atoms with Crippen molar-refractivity contribution in [2.45, 2.75) is 26.3 Å². The molecule has 8 heteroatoms. The summed E-state index contributed by atoms with van der Waals surface area (Å²) in [4.78, 5) is 9.97. The minimum atomic E-state index is -2.18. The molecule has 2 atom stereocenters. The molecule has 28 heavy (non-hydrogen) atoms. The first-order chi connectivity index (χ1) is 15.6. The van der Waals surface area contributed by atoms with Crippen LogP contribution in [0.1, 0.15) is 33.2 Å². The smallest absolute Gasteiger partial charge is 0.243 e. The van der Waals surface area contributed by atoms with E-state index in [1.54, 1.807) is 12.1 Å². The van der Waals surface area contributed by atoms with Gasteiger partial charge in [0.15, 0.2) is 23.0 Å². The maximum atomic E-state index is 10.5. The lowest BCUT2D eigenvalue weighted by molar-refractivity contribution is -0.422. The first-order valence-electron chi connectivity index (χ1n) is 11.2. The van der Waals surface area contributed by atoms with E-state index in [1.807, 2.05) is 0 Å². The van der Waals surface area contributed by atoms with Crippen LogP contribution in [0.15, 0.2) is 42.1 Å². The second kappa shape index (κ2) is 8.62. The van der Waals surface area contributed by atoms with Gasteiger partial charge in [-0.15, -0.1) is 0 Å². The van der Waals surface area contributed by atoms with E-state index in [4.69, 9.17) is 32.9 Å². The molecule has 0 radical (unpaired) electrons. The van der Waals surface area contributed by atoms with E-state index >= 15 is 0 Å². The summed E-state index contributed by atoms with van der Waals surface area (Å²) in [5.41, 5.74) is 6.58. The molecule has 4 rings (SSSR count). The number of benzene rings is 2. The van der Waals surface area contributed by atoms with E-state index in [9.17, 15) is 10.1 Å². The third-order valence-corrected chi connectivity index (χ3v) is 3.60. The van der Waals surface area contributed by atoms with Crippen molar-refractivity contribution >= 4 is 6.08 Å². The summed E-state index contributed by atoms with van der Waals surface area (Å²) in [6.45, 7) is -1.54. The predicted octanol–water partition coefficient (Wildman–Crippen LogP) is 3.36. The molecule has 0 bridgehead atoms. The van der Waals surface area contributed by atoms with E-state index < -0.39 is 30.8 Å². The summed E-state index contributed by atoms with van der Waals surface area (Å²) in [6, 6.07) is 7.76. The molecule has 0 aromatic heterocycles. The molecule has 0 amide bonds. The van der Waals surface area contributed by atoms with Gasteiger partial charge in [0.2, 0.25) is 19.2 Å². The monoisotopic (exact) mass is 392 g/mol. The van der Waals surface area contributed by atoms with Crippen LogP contribution in [0.5, 0.6) is 23.0 Å². The van der Waals surface area contributed by atoms with Crippen molar-refractivity contribution in [3.05, 3.63) is 63.3 Å². The van der Waals surface area contributed by atoms with Gasteiger partial charge in [-0.25, -0.2) is 0 Å². The maximum Gasteiger partial charge on any atom is 0.243 e. The zero-order valence-electron chi connectivity index (χ0n) is 21.1. The highest BCUT2D eigenvalue weighted by Crippen LogP contribution is 2.33. The van der Waals surface area contributed by atoms with Crippen LogP contribution in [0.3, 0.4) is 0 Å². The summed E-state index contributed by atoms with van der Waals surface area (Å²) >= 11 is 0. The third-order valence-electron chi connectivity index (χ3n) is 3.60. The zero-order valence-corrected chi connectivity index (χ0v) is 15.1. The van der Waals surface area contributed by atoms with Crippen molar-refractivity contribution in [1.29, 1.82) is 0 Å². The molecule has 2 aliphatic heterocycles. The van der Waals surface area contributed by atoms with Crippen molar-refractivity contribution in [3.8, 4) is 23.0 Å². The molecule has 0 aliphatic carbocycles. The largest absolute Gasteiger partial charge is 0.454 e. The van der Waals surface area contributed by atoms with Crippen molar-refractivity contribution in [1.82, 2.24) is 0 Å². The second-order valence-corrected chi connectivity index (χ2v) is 5.92. The molecule has 148 valence electrons. The van der Waals surface area contributed by atoms with Crippen LogP contribution in [-0.2, 0) is 6.40 Å². The Morgan fingerprint density at radius 3 is 2.39 bits per heavy atom. The molecule has 0 saturated carbocycles. The highest BCUT2D eigenvalue weighted by molar-refractivity contribution is 5.57. The van der Waals surface area contributed by atoms with E-state index in [0.717, 1.165) is 0 Å². The van der Waals surface area contributed by atoms with Gasteiger partial charge in [-0.1, -0.05) is 12.1 Å². The van der Waals surface area contributed by atoms with Gasteiger partial charge < -0.3 is 24.7 Å². The third kappa shape index (κ3) is 4.92. The molecule has 2 unspecified atom stereocenters. The summed E-state index contributed by atoms with van der Waals surface area (Å²) in [6.07, 6.45) is 0.431. The highest BCUT2D eigenvalue weighted by atomic mass is 16.7. The Hall–Kier alpha value is -3.26. The molecule has 2 aliphatic rings. The zero-order chi connectivity index (χ0) is 25.5. The quantitative estimate of drug-likeness (QED) is 0.628. The molecule has 0 spiro atoms. The van der Waals surface area contributed by atoms with Crippen LogP contribution in [0, 0.1) is 10.1 Å². The number of nitrogens with two attached hydrogens (primary N) is 1. The van der Waals surface area contributed by atoms with Crippen LogP contribution in [0.25, 0.3) is 6.08 Å². The van der Waals surface area contributed by atoms with Crippen molar-refractivity contribution in [3.63, 3.8) is 0 Å². The topological polar surface area (TPSA) is 106 Å². The number of nitrogens with zero attached hydrogens (tertiary/aromatic N) is 1. The van der Waals surface area contributed by atoms with Crippen LogP contribution in [-0.4, -0.2) is 24.4 Å². The average Bonchev–Trinajstić information content (AvgIpc) is 3.18. The fourth-order valence-corrected chi connectivity index (χ4v) is 2.34. The lowest BCUT2D eigenvalue weighted by Gasteiger charge is -2.05. The Morgan fingerprint density at radius 1 is 1.21 bits per heavy atom. The number of ether oxygens (including phenoxy) is 4. The molecule has 2 N–H and O–H groups in total. The van der Waals surface area contributed by atoms with Gasteiger partial charge >= 0.3 is 0 Å². The molecular weight excluding hydrogens is 364 g/mol. The Balaban J connectivity index is 0.000000191. The van der Waals surface area contributed by atoms with E-state index in [-0.39, 0.29) is 28.7 Å². The first-order valence-corrected chi connectivity index (χ1v) is 8.14. The maximum absolute atomic E-state index is 10.5. The van der Waals surface area contributed by atoms with Crippen LogP contribution < -0.4 is 24.7 Å². The summed E-state index contributed by atoms with van der Waals surface area (Å²) in [7, 11) is 0. The van der Waals surface area contributed by atoms with Crippen LogP contribution in [0.4, 0.5) is 0 Å². The highest BCUT2D eigenvalue weighted by Gasteiger charge is 2.14. The Bertz CT molecular complexity index is 1140. The van der Waals surface area contributed by atoms with Gasteiger partial charge in [-0.3, -0.25) is 10.1 Å². The lowest BCUT2D eigenvalue weighted by Crippen LogP contribution is -2.17. The van der Waals surface area contributed by atoms with Gasteiger partial charge in [-0.05, 0) is 48.7 Å². The predicted molar refractivity (Wildman–Crippen MR) is 103 cm³/mol. The van der Waals surface area contributed by atoms with E-state index in [1.165, 1.54) is 44.2 Å². The summed E-state index contributed by atoms with van der Waals surface area (Å²) < 4.78 is 64.0. The van der Waals surface area contributed by atoms with E-state index in [0.29, 0.717) is 11.1 Å². The Kier molecular flexibility index (Phi) is 4.00. The van der Waals surface area contributed by atoms with Crippen molar-refractivity contribution in [2.75, 3.05) is 13.5 Å². The number of allylic oxidation sites excluding steroid dienone is 1. The molecule has 2 aromatic carbocycles. The number of fused-ring (bicyclic) bond motifs is 2. The fraction of sp³-hybridized carbons (Fsp3) is 0.300. The average molecular weight is 392 g/mol. The summed E-state index contributed by atoms with van der Waals surface area (Å²) in [5.74, 6) is 1.04. The number of nitro groups is 1. The number of hydrogen-bond donors (Lipinski definition) is 1. The molecule has 2 heterocycles. The van der Waals surface area contributed by atoms with Gasteiger partial charge in [0.1, 0.15) is 5.48 Å². The van der Waals surface area contributed by atoms with Crippen molar-refractivity contribution < 1.29 is 32.1 Å². The first kappa shape index (κ1) is 13.0. The Labute approximate surface area is 171 Å². The minimum Gasteiger partial charge on any atom is -0.454 e. The SMILES string of the molecule is [2H]C(c1ccc2c(c1)OC([2H])([2H])O2)C([2H])(C)N.[2H]C1([2H])Oc2ccc(/C=C(\C)[N+](=O)[O-])cc2O1. The number of rotatable bonds is 4. The molecular formula is C20H22N2O6. The standard InChI is InChI=1S/C10H9NO4.C10H13NO2/c1-7(11(12)13)4-8-2-3-9-10(5-8)15-6-14-9;1-7(11)4-8-2-3-9-10(5-8)13-6-12-9/h2-5H,6H2,1H3;2-3,5,7H,4,6,11H2,1H3/b7-4+;/i6D2;4D,6D2,7D. The second-order valence-electron chi connectivity index (χ2n) is 5.92. The van der Waals surface area contributed by atoms with Gasteiger partial charge in [0, 0.05) is 21.8 Å². The Morgan fingerprint density at radius 2 is 1.79 bits per heavy atom. The van der Waals surface area contributed by atoms with Crippen LogP contribution >= 0.6 is 0 Å². The van der Waals surface area contributed by atoms with Gasteiger partial charge in [-0.2, -0.15) is 0 Å². The van der Waals surface area contributed by atoms with Crippen LogP contribution in [0.2, 0.25) is 0 Å². The minimum absolute atomic E-state index is 0.00752. The van der Waals surface area contributed by atoms with Gasteiger partial charge in [0.05, 0.1) is 4.92 Å². The van der Waals surface area contributed by atoms with Crippen molar-refractivity contribution in [2.24, 2.45) is 5.73 Å². The lowest BCUT2D eigenvalue weighted by atomic mass is 10.1. The normalized spacial score (nSPS) is 23.9. The molecule has 8 nitrogen and oxygen atoms in total. The van der Waals surface area contributed by atoms with E-state index in [2.05, 4.69) is 0 Å². The van der Waals surface area contributed by atoms with Gasteiger partial charge in [0.25, 0.3) is 0 Å². The number of hydrogen-bond acceptors (Lipinski definition) is 7. The molecule has 2 aromatic rings.